The SMILES string of the molecule is Bc1ccsc1/C(=N/O)N1CCN(C(=O)OC(C)(C)C)CC1. The molecule has 2 heterocycles. The summed E-state index contributed by atoms with van der Waals surface area (Å²) in [5.74, 6) is 0.580. The summed E-state index contributed by atoms with van der Waals surface area (Å²) in [5, 5.41) is 14.8. The Labute approximate surface area is 135 Å². The Bertz CT molecular complexity index is 560. The maximum absolute atomic E-state index is 12.1. The van der Waals surface area contributed by atoms with Crippen molar-refractivity contribution in [3.8, 4) is 0 Å². The number of rotatable bonds is 1. The first-order valence-electron chi connectivity index (χ1n) is 7.31. The molecule has 120 valence electrons. The number of amidine groups is 1. The molecule has 0 spiro atoms. The van der Waals surface area contributed by atoms with E-state index in [-0.39, 0.29) is 6.09 Å². The van der Waals surface area contributed by atoms with Crippen LogP contribution in [0.4, 0.5) is 4.79 Å². The molecule has 1 aromatic heterocycles. The van der Waals surface area contributed by atoms with Gasteiger partial charge in [0.2, 0.25) is 0 Å². The number of hydrogen-bond acceptors (Lipinski definition) is 5. The van der Waals surface area contributed by atoms with Gasteiger partial charge in [-0.1, -0.05) is 16.7 Å². The van der Waals surface area contributed by atoms with Crippen molar-refractivity contribution in [2.24, 2.45) is 5.16 Å². The Balaban J connectivity index is 1.97. The number of oxime groups is 1. The average molecular weight is 323 g/mol. The first-order valence-corrected chi connectivity index (χ1v) is 8.19. The van der Waals surface area contributed by atoms with Crippen LogP contribution >= 0.6 is 11.3 Å². The minimum atomic E-state index is -0.486. The molecule has 1 fully saturated rings. The lowest BCUT2D eigenvalue weighted by Crippen LogP contribution is -2.52. The van der Waals surface area contributed by atoms with Crippen molar-refractivity contribution >= 4 is 36.6 Å². The zero-order valence-corrected chi connectivity index (χ0v) is 14.3. The maximum atomic E-state index is 12.1. The topological polar surface area (TPSA) is 65.4 Å². The number of carbonyl (C=O) groups is 1. The molecule has 1 aromatic rings. The van der Waals surface area contributed by atoms with Crippen molar-refractivity contribution in [1.82, 2.24) is 9.80 Å². The third-order valence-electron chi connectivity index (χ3n) is 3.39. The van der Waals surface area contributed by atoms with Crippen molar-refractivity contribution in [1.29, 1.82) is 0 Å². The van der Waals surface area contributed by atoms with Gasteiger partial charge in [-0.3, -0.25) is 0 Å². The van der Waals surface area contributed by atoms with E-state index in [2.05, 4.69) is 5.16 Å². The zero-order valence-electron chi connectivity index (χ0n) is 13.5. The van der Waals surface area contributed by atoms with Gasteiger partial charge in [0.1, 0.15) is 13.4 Å². The standard InChI is InChI=1S/C14H22BN3O3S/c1-14(2,3)21-13(19)18-7-5-17(6-8-18)12(16-20)11-10(15)4-9-22-11/h4,9,20H,5-8,15H2,1-3H3/b16-12-. The van der Waals surface area contributed by atoms with Gasteiger partial charge < -0.3 is 19.7 Å². The van der Waals surface area contributed by atoms with Crippen molar-refractivity contribution in [2.75, 3.05) is 26.2 Å². The third-order valence-corrected chi connectivity index (χ3v) is 4.40. The van der Waals surface area contributed by atoms with Crippen LogP contribution in [0.25, 0.3) is 0 Å². The van der Waals surface area contributed by atoms with Gasteiger partial charge in [0.15, 0.2) is 5.84 Å². The number of nitrogens with zero attached hydrogens (tertiary/aromatic N) is 3. The number of thiophene rings is 1. The molecule has 1 saturated heterocycles. The van der Waals surface area contributed by atoms with E-state index in [4.69, 9.17) is 4.74 Å². The smallest absolute Gasteiger partial charge is 0.410 e. The Kier molecular flexibility index (Phi) is 5.00. The first-order chi connectivity index (χ1) is 10.3. The van der Waals surface area contributed by atoms with E-state index in [1.54, 1.807) is 16.2 Å². The van der Waals surface area contributed by atoms with Crippen LogP contribution in [-0.4, -0.2) is 66.6 Å². The highest BCUT2D eigenvalue weighted by Crippen LogP contribution is 2.15. The van der Waals surface area contributed by atoms with E-state index in [0.29, 0.717) is 32.0 Å². The summed E-state index contributed by atoms with van der Waals surface area (Å²) in [6.45, 7) is 7.92. The molecule has 1 amide bonds. The summed E-state index contributed by atoms with van der Waals surface area (Å²) in [5.41, 5.74) is 0.604. The van der Waals surface area contributed by atoms with Gasteiger partial charge in [-0.2, -0.15) is 0 Å². The monoisotopic (exact) mass is 323 g/mol. The highest BCUT2D eigenvalue weighted by Gasteiger charge is 2.28. The van der Waals surface area contributed by atoms with Crippen molar-refractivity contribution in [3.05, 3.63) is 16.3 Å². The molecule has 1 aliphatic heterocycles. The fourth-order valence-electron chi connectivity index (χ4n) is 2.28. The van der Waals surface area contributed by atoms with Gasteiger partial charge in [0, 0.05) is 26.2 Å². The van der Waals surface area contributed by atoms with E-state index < -0.39 is 5.60 Å². The van der Waals surface area contributed by atoms with Gasteiger partial charge in [-0.05, 0) is 26.2 Å². The van der Waals surface area contributed by atoms with Crippen LogP contribution in [0.5, 0.6) is 0 Å². The summed E-state index contributed by atoms with van der Waals surface area (Å²) in [6, 6.07) is 2.00. The Morgan fingerprint density at radius 2 is 1.91 bits per heavy atom. The predicted octanol–water partition coefficient (Wildman–Crippen LogP) is 0.695. The quantitative estimate of drug-likeness (QED) is 0.272. The van der Waals surface area contributed by atoms with E-state index in [0.717, 1.165) is 10.3 Å². The fourth-order valence-corrected chi connectivity index (χ4v) is 3.22. The molecule has 0 saturated carbocycles. The molecular weight excluding hydrogens is 301 g/mol. The Hall–Kier alpha value is -1.70. The molecule has 0 aromatic carbocycles. The van der Waals surface area contributed by atoms with Crippen LogP contribution in [0, 0.1) is 0 Å². The Morgan fingerprint density at radius 1 is 1.32 bits per heavy atom. The van der Waals surface area contributed by atoms with Crippen LogP contribution in [0.15, 0.2) is 16.6 Å². The fraction of sp³-hybridized carbons (Fsp3) is 0.571. The van der Waals surface area contributed by atoms with Crippen LogP contribution in [-0.2, 0) is 4.74 Å². The minimum absolute atomic E-state index is 0.290. The van der Waals surface area contributed by atoms with E-state index >= 15 is 0 Å². The maximum Gasteiger partial charge on any atom is 0.410 e. The molecule has 0 atom stereocenters. The van der Waals surface area contributed by atoms with Gasteiger partial charge in [-0.25, -0.2) is 4.79 Å². The van der Waals surface area contributed by atoms with Crippen LogP contribution < -0.4 is 5.46 Å². The summed E-state index contributed by atoms with van der Waals surface area (Å²) in [7, 11) is 1.99. The lowest BCUT2D eigenvalue weighted by atomic mass is 9.96. The summed E-state index contributed by atoms with van der Waals surface area (Å²) in [4.78, 5) is 16.7. The number of piperazine rings is 1. The van der Waals surface area contributed by atoms with Crippen molar-refractivity contribution in [2.45, 2.75) is 26.4 Å². The van der Waals surface area contributed by atoms with Gasteiger partial charge in [0.25, 0.3) is 0 Å². The van der Waals surface area contributed by atoms with Crippen molar-refractivity contribution in [3.63, 3.8) is 0 Å². The van der Waals surface area contributed by atoms with Crippen molar-refractivity contribution < 1.29 is 14.7 Å². The second kappa shape index (κ2) is 6.60. The molecule has 8 heteroatoms. The average Bonchev–Trinajstić information content (AvgIpc) is 2.85. The molecule has 1 aliphatic rings. The highest BCUT2D eigenvalue weighted by atomic mass is 32.1. The highest BCUT2D eigenvalue weighted by molar-refractivity contribution is 7.13. The van der Waals surface area contributed by atoms with Gasteiger partial charge >= 0.3 is 6.09 Å². The van der Waals surface area contributed by atoms with Gasteiger partial charge in [-0.15, -0.1) is 11.3 Å². The molecule has 1 N–H and O–H groups in total. The predicted molar refractivity (Wildman–Crippen MR) is 90.2 cm³/mol. The molecule has 6 nitrogen and oxygen atoms in total. The molecule has 0 aliphatic carbocycles. The van der Waals surface area contributed by atoms with Gasteiger partial charge in [0.05, 0.1) is 4.88 Å². The minimum Gasteiger partial charge on any atom is -0.444 e. The molecule has 2 rings (SSSR count). The second-order valence-electron chi connectivity index (χ2n) is 6.31. The van der Waals surface area contributed by atoms with Crippen LogP contribution in [0.3, 0.4) is 0 Å². The normalized spacial score (nSPS) is 16.8. The number of amides is 1. The lowest BCUT2D eigenvalue weighted by Gasteiger charge is -2.36. The molecule has 0 radical (unpaired) electrons. The Morgan fingerprint density at radius 3 is 2.36 bits per heavy atom. The van der Waals surface area contributed by atoms with E-state index in [1.807, 2.05) is 45.0 Å². The first kappa shape index (κ1) is 16.7. The number of ether oxygens (including phenoxy) is 1. The van der Waals surface area contributed by atoms with E-state index in [9.17, 15) is 10.0 Å². The molecule has 0 unspecified atom stereocenters. The van der Waals surface area contributed by atoms with E-state index in [1.165, 1.54) is 0 Å². The van der Waals surface area contributed by atoms with Crippen LogP contribution in [0.2, 0.25) is 0 Å². The molecular formula is C14H22BN3O3S. The number of hydrogen-bond donors (Lipinski definition) is 1. The summed E-state index contributed by atoms with van der Waals surface area (Å²) in [6.07, 6.45) is -0.290. The van der Waals surface area contributed by atoms with Crippen LogP contribution in [0.1, 0.15) is 25.6 Å². The number of carbonyl (C=O) groups excluding carboxylic acids is 1. The third kappa shape index (κ3) is 3.94. The second-order valence-corrected chi connectivity index (χ2v) is 7.23. The lowest BCUT2D eigenvalue weighted by molar-refractivity contribution is 0.0186. The largest absolute Gasteiger partial charge is 0.444 e. The molecule has 0 bridgehead atoms. The summed E-state index contributed by atoms with van der Waals surface area (Å²) < 4.78 is 5.38. The molecule has 22 heavy (non-hydrogen) atoms. The zero-order chi connectivity index (χ0) is 16.3. The summed E-state index contributed by atoms with van der Waals surface area (Å²) >= 11 is 1.55.